The highest BCUT2D eigenvalue weighted by Crippen LogP contribution is 2.36. The predicted octanol–water partition coefficient (Wildman–Crippen LogP) is 3.38. The van der Waals surface area contributed by atoms with Crippen LogP contribution in [0.5, 0.6) is 0 Å². The number of hydrogen-bond donors (Lipinski definition) is 1. The van der Waals surface area contributed by atoms with Gasteiger partial charge in [0.2, 0.25) is 5.91 Å². The first-order valence-electron chi connectivity index (χ1n) is 9.12. The van der Waals surface area contributed by atoms with Crippen LogP contribution in [0, 0.1) is 11.6 Å². The molecule has 1 saturated carbocycles. The maximum Gasteiger partial charge on any atom is 0.220 e. The lowest BCUT2D eigenvalue weighted by atomic mass is 9.94. The second-order valence-corrected chi connectivity index (χ2v) is 8.27. The zero-order valence-corrected chi connectivity index (χ0v) is 15.3. The van der Waals surface area contributed by atoms with Gasteiger partial charge in [-0.25, -0.2) is 8.78 Å². The molecule has 6 heteroatoms. The maximum atomic E-state index is 13.6. The number of halogens is 2. The Hall–Kier alpha value is -1.14. The number of carbonyl (C=O) groups is 1. The van der Waals surface area contributed by atoms with E-state index in [9.17, 15) is 13.6 Å². The summed E-state index contributed by atoms with van der Waals surface area (Å²) < 4.78 is 26.9. The Kier molecular flexibility index (Phi) is 6.34. The molecule has 2 fully saturated rings. The van der Waals surface area contributed by atoms with Crippen molar-refractivity contribution >= 4 is 17.7 Å². The Bertz CT molecular complexity index is 599. The van der Waals surface area contributed by atoms with Gasteiger partial charge in [0.1, 0.15) is 11.6 Å². The maximum absolute atomic E-state index is 13.6. The molecule has 25 heavy (non-hydrogen) atoms. The van der Waals surface area contributed by atoms with Crippen molar-refractivity contribution in [1.29, 1.82) is 0 Å². The van der Waals surface area contributed by atoms with Crippen LogP contribution in [0.3, 0.4) is 0 Å². The molecule has 1 heterocycles. The number of aryl methyl sites for hydroxylation is 1. The molecule has 1 amide bonds. The summed E-state index contributed by atoms with van der Waals surface area (Å²) in [7, 11) is 0. The van der Waals surface area contributed by atoms with Gasteiger partial charge in [0.15, 0.2) is 0 Å². The zero-order chi connectivity index (χ0) is 17.7. The van der Waals surface area contributed by atoms with E-state index < -0.39 is 11.6 Å². The number of nitrogens with zero attached hydrogens (tertiary/aromatic N) is 1. The fraction of sp³-hybridized carbons (Fsp3) is 0.632. The molecular weight excluding hydrogens is 342 g/mol. The van der Waals surface area contributed by atoms with Crippen LogP contribution in [0.4, 0.5) is 8.78 Å². The summed E-state index contributed by atoms with van der Waals surface area (Å²) >= 11 is 1.99. The molecule has 0 atom stereocenters. The Labute approximate surface area is 152 Å². The van der Waals surface area contributed by atoms with Crippen LogP contribution in [0.1, 0.15) is 37.7 Å². The number of benzene rings is 1. The lowest BCUT2D eigenvalue weighted by Gasteiger charge is -2.43. The van der Waals surface area contributed by atoms with Crippen molar-refractivity contribution < 1.29 is 13.6 Å². The Morgan fingerprint density at radius 2 is 1.92 bits per heavy atom. The molecule has 1 aliphatic carbocycles. The number of amides is 1. The monoisotopic (exact) mass is 368 g/mol. The smallest absolute Gasteiger partial charge is 0.220 e. The van der Waals surface area contributed by atoms with Crippen LogP contribution in [-0.2, 0) is 11.2 Å². The molecule has 0 bridgehead atoms. The standard InChI is InChI=1S/C19H26F2N2OS/c20-16-4-5-17(21)15(13-16)3-6-18(24)22-14-19(7-1-2-8-19)23-9-11-25-12-10-23/h4-5,13H,1-3,6-12,14H2,(H,22,24). The largest absolute Gasteiger partial charge is 0.354 e. The van der Waals surface area contributed by atoms with Gasteiger partial charge in [0.25, 0.3) is 0 Å². The third kappa shape index (κ3) is 4.73. The number of rotatable bonds is 6. The van der Waals surface area contributed by atoms with Gasteiger partial charge in [-0.05, 0) is 43.0 Å². The van der Waals surface area contributed by atoms with Crippen LogP contribution in [0.15, 0.2) is 18.2 Å². The van der Waals surface area contributed by atoms with E-state index in [0.717, 1.165) is 49.6 Å². The Morgan fingerprint density at radius 3 is 2.64 bits per heavy atom. The van der Waals surface area contributed by atoms with E-state index in [1.54, 1.807) is 0 Å². The van der Waals surface area contributed by atoms with Crippen molar-refractivity contribution in [3.63, 3.8) is 0 Å². The topological polar surface area (TPSA) is 32.3 Å². The van der Waals surface area contributed by atoms with Gasteiger partial charge in [0.05, 0.1) is 0 Å². The lowest BCUT2D eigenvalue weighted by molar-refractivity contribution is -0.121. The van der Waals surface area contributed by atoms with E-state index in [4.69, 9.17) is 0 Å². The molecule has 1 aromatic rings. The molecule has 2 aliphatic rings. The number of nitrogens with one attached hydrogen (secondary N) is 1. The fourth-order valence-electron chi connectivity index (χ4n) is 4.01. The summed E-state index contributed by atoms with van der Waals surface area (Å²) in [6, 6.07) is 3.39. The van der Waals surface area contributed by atoms with E-state index in [-0.39, 0.29) is 29.9 Å². The van der Waals surface area contributed by atoms with Gasteiger partial charge in [0, 0.05) is 43.1 Å². The van der Waals surface area contributed by atoms with Gasteiger partial charge < -0.3 is 5.32 Å². The SMILES string of the molecule is O=C(CCc1cc(F)ccc1F)NCC1(N2CCSCC2)CCCC1. The summed E-state index contributed by atoms with van der Waals surface area (Å²) in [4.78, 5) is 14.8. The number of hydrogen-bond acceptors (Lipinski definition) is 3. The third-order valence-electron chi connectivity index (χ3n) is 5.46. The fourth-order valence-corrected chi connectivity index (χ4v) is 4.91. The molecule has 1 aromatic carbocycles. The molecule has 1 aliphatic heterocycles. The molecule has 3 nitrogen and oxygen atoms in total. The second kappa shape index (κ2) is 8.49. The highest BCUT2D eigenvalue weighted by molar-refractivity contribution is 7.99. The quantitative estimate of drug-likeness (QED) is 0.836. The summed E-state index contributed by atoms with van der Waals surface area (Å²) in [5, 5.41) is 3.06. The van der Waals surface area contributed by atoms with Gasteiger partial charge in [-0.3, -0.25) is 9.69 Å². The molecule has 3 rings (SSSR count). The van der Waals surface area contributed by atoms with E-state index in [2.05, 4.69) is 10.2 Å². The molecular formula is C19H26F2N2OS. The Balaban J connectivity index is 1.52. The van der Waals surface area contributed by atoms with Crippen molar-refractivity contribution in [2.75, 3.05) is 31.1 Å². The van der Waals surface area contributed by atoms with Crippen molar-refractivity contribution in [2.24, 2.45) is 0 Å². The number of thioether (sulfide) groups is 1. The van der Waals surface area contributed by atoms with Gasteiger partial charge in [-0.1, -0.05) is 12.8 Å². The predicted molar refractivity (Wildman–Crippen MR) is 97.8 cm³/mol. The third-order valence-corrected chi connectivity index (χ3v) is 6.40. The highest BCUT2D eigenvalue weighted by Gasteiger charge is 2.40. The first-order valence-corrected chi connectivity index (χ1v) is 10.3. The normalized spacial score (nSPS) is 20.6. The summed E-state index contributed by atoms with van der Waals surface area (Å²) in [6.45, 7) is 2.85. The summed E-state index contributed by atoms with van der Waals surface area (Å²) in [5.41, 5.74) is 0.361. The van der Waals surface area contributed by atoms with Crippen LogP contribution in [0.2, 0.25) is 0 Å². The molecule has 0 unspecified atom stereocenters. The van der Waals surface area contributed by atoms with E-state index in [1.807, 2.05) is 11.8 Å². The minimum Gasteiger partial charge on any atom is -0.354 e. The van der Waals surface area contributed by atoms with E-state index >= 15 is 0 Å². The first-order chi connectivity index (χ1) is 12.1. The van der Waals surface area contributed by atoms with Crippen molar-refractivity contribution in [3.05, 3.63) is 35.4 Å². The van der Waals surface area contributed by atoms with E-state index in [0.29, 0.717) is 6.54 Å². The van der Waals surface area contributed by atoms with Gasteiger partial charge >= 0.3 is 0 Å². The lowest BCUT2D eigenvalue weighted by Crippen LogP contribution is -2.56. The highest BCUT2D eigenvalue weighted by atomic mass is 32.2. The molecule has 0 aromatic heterocycles. The molecule has 0 radical (unpaired) electrons. The van der Waals surface area contributed by atoms with Gasteiger partial charge in [-0.15, -0.1) is 0 Å². The minimum atomic E-state index is -0.468. The van der Waals surface area contributed by atoms with E-state index in [1.165, 1.54) is 18.9 Å². The average molecular weight is 368 g/mol. The van der Waals surface area contributed by atoms with Crippen LogP contribution >= 0.6 is 11.8 Å². The summed E-state index contributed by atoms with van der Waals surface area (Å²) in [5.74, 6) is 1.32. The van der Waals surface area contributed by atoms with Crippen LogP contribution < -0.4 is 5.32 Å². The number of carbonyl (C=O) groups excluding carboxylic acids is 1. The zero-order valence-electron chi connectivity index (χ0n) is 14.5. The van der Waals surface area contributed by atoms with Crippen molar-refractivity contribution in [2.45, 2.75) is 44.1 Å². The van der Waals surface area contributed by atoms with Crippen molar-refractivity contribution in [3.8, 4) is 0 Å². The van der Waals surface area contributed by atoms with Crippen LogP contribution in [0.25, 0.3) is 0 Å². The molecule has 1 N–H and O–H groups in total. The Morgan fingerprint density at radius 1 is 1.20 bits per heavy atom. The van der Waals surface area contributed by atoms with Crippen LogP contribution in [-0.4, -0.2) is 47.5 Å². The summed E-state index contributed by atoms with van der Waals surface area (Å²) in [6.07, 6.45) is 5.12. The first kappa shape index (κ1) is 18.6. The molecule has 138 valence electrons. The minimum absolute atomic E-state index is 0.0821. The average Bonchev–Trinajstić information content (AvgIpc) is 3.12. The second-order valence-electron chi connectivity index (χ2n) is 7.04. The van der Waals surface area contributed by atoms with Crippen molar-refractivity contribution in [1.82, 2.24) is 10.2 Å². The molecule has 1 saturated heterocycles. The molecule has 0 spiro atoms. The van der Waals surface area contributed by atoms with Gasteiger partial charge in [-0.2, -0.15) is 11.8 Å².